The third-order valence-electron chi connectivity index (χ3n) is 2.78. The Labute approximate surface area is 89.2 Å². The Morgan fingerprint density at radius 3 is 3.13 bits per heavy atom. The molecule has 15 heavy (non-hydrogen) atoms. The lowest BCUT2D eigenvalue weighted by atomic mass is 10.1. The van der Waals surface area contributed by atoms with E-state index in [-0.39, 0.29) is 12.0 Å². The molecule has 0 unspecified atom stereocenters. The van der Waals surface area contributed by atoms with Crippen LogP contribution in [0.1, 0.15) is 40.9 Å². The first-order chi connectivity index (χ1) is 7.22. The fourth-order valence-electron chi connectivity index (χ4n) is 1.99. The summed E-state index contributed by atoms with van der Waals surface area (Å²) in [6.45, 7) is 2.22. The van der Waals surface area contributed by atoms with Crippen molar-refractivity contribution in [1.29, 1.82) is 0 Å². The minimum absolute atomic E-state index is 0.135. The topological polar surface area (TPSA) is 52.3 Å². The lowest BCUT2D eigenvalue weighted by Crippen LogP contribution is -2.07. The second kappa shape index (κ2) is 4.03. The number of carbonyl (C=O) groups excluding carboxylic acids is 1. The number of rotatable bonds is 2. The van der Waals surface area contributed by atoms with Gasteiger partial charge in [-0.15, -0.1) is 0 Å². The molecule has 1 atom stereocenters. The van der Waals surface area contributed by atoms with Crippen LogP contribution in [0.2, 0.25) is 0 Å². The molecule has 3 nitrogen and oxygen atoms in total. The van der Waals surface area contributed by atoms with Gasteiger partial charge in [-0.1, -0.05) is 6.07 Å². The Balaban J connectivity index is 2.27. The monoisotopic (exact) mass is 205 g/mol. The molecule has 1 aliphatic carbocycles. The number of hydrogen-bond acceptors (Lipinski definition) is 3. The molecule has 0 spiro atoms. The standard InChI is InChI=1S/C12H15NO2/c1-2-15-12(14)9-3-5-10-8(7-9)4-6-11(10)13/h3,5,7,11H,2,4,6,13H2,1H3/t11-/m1/s1. The summed E-state index contributed by atoms with van der Waals surface area (Å²) in [4.78, 5) is 11.5. The van der Waals surface area contributed by atoms with Crippen molar-refractivity contribution in [1.82, 2.24) is 0 Å². The third-order valence-corrected chi connectivity index (χ3v) is 2.78. The normalized spacial score (nSPS) is 18.7. The first kappa shape index (κ1) is 10.2. The quantitative estimate of drug-likeness (QED) is 0.749. The van der Waals surface area contributed by atoms with Crippen LogP contribution in [0.5, 0.6) is 0 Å². The molecule has 0 saturated heterocycles. The summed E-state index contributed by atoms with van der Waals surface area (Å²) in [7, 11) is 0. The number of aryl methyl sites for hydroxylation is 1. The fraction of sp³-hybridized carbons (Fsp3) is 0.417. The Hall–Kier alpha value is -1.35. The summed E-state index contributed by atoms with van der Waals surface area (Å²) in [5, 5.41) is 0. The van der Waals surface area contributed by atoms with Gasteiger partial charge in [0, 0.05) is 6.04 Å². The van der Waals surface area contributed by atoms with E-state index < -0.39 is 0 Å². The Morgan fingerprint density at radius 1 is 1.60 bits per heavy atom. The van der Waals surface area contributed by atoms with E-state index in [0.717, 1.165) is 12.8 Å². The number of fused-ring (bicyclic) bond motifs is 1. The van der Waals surface area contributed by atoms with E-state index in [1.54, 1.807) is 13.0 Å². The van der Waals surface area contributed by atoms with E-state index in [1.165, 1.54) is 11.1 Å². The molecule has 1 aromatic carbocycles. The van der Waals surface area contributed by atoms with E-state index in [2.05, 4.69) is 0 Å². The Morgan fingerprint density at radius 2 is 2.40 bits per heavy atom. The highest BCUT2D eigenvalue weighted by Gasteiger charge is 2.20. The first-order valence-electron chi connectivity index (χ1n) is 5.28. The minimum Gasteiger partial charge on any atom is -0.462 e. The van der Waals surface area contributed by atoms with Crippen molar-refractivity contribution in [3.05, 3.63) is 34.9 Å². The zero-order valence-electron chi connectivity index (χ0n) is 8.82. The number of esters is 1. The van der Waals surface area contributed by atoms with E-state index in [1.807, 2.05) is 12.1 Å². The second-order valence-corrected chi connectivity index (χ2v) is 3.78. The zero-order valence-corrected chi connectivity index (χ0v) is 8.82. The maximum Gasteiger partial charge on any atom is 0.338 e. The molecular formula is C12H15NO2. The van der Waals surface area contributed by atoms with Crippen molar-refractivity contribution in [3.8, 4) is 0 Å². The highest BCUT2D eigenvalue weighted by Crippen LogP contribution is 2.29. The van der Waals surface area contributed by atoms with Crippen molar-refractivity contribution in [2.45, 2.75) is 25.8 Å². The number of hydrogen-bond donors (Lipinski definition) is 1. The van der Waals surface area contributed by atoms with Gasteiger partial charge in [0.2, 0.25) is 0 Å². The average Bonchev–Trinajstić information content (AvgIpc) is 2.60. The van der Waals surface area contributed by atoms with Crippen LogP contribution in [0.15, 0.2) is 18.2 Å². The van der Waals surface area contributed by atoms with Gasteiger partial charge in [0.25, 0.3) is 0 Å². The molecule has 0 aliphatic heterocycles. The molecule has 0 aromatic heterocycles. The SMILES string of the molecule is CCOC(=O)c1ccc2c(c1)CC[C@H]2N. The van der Waals surface area contributed by atoms with Gasteiger partial charge in [0.05, 0.1) is 12.2 Å². The van der Waals surface area contributed by atoms with Gasteiger partial charge in [-0.2, -0.15) is 0 Å². The van der Waals surface area contributed by atoms with E-state index in [0.29, 0.717) is 12.2 Å². The summed E-state index contributed by atoms with van der Waals surface area (Å²) >= 11 is 0. The Bertz CT molecular complexity index is 387. The van der Waals surface area contributed by atoms with Crippen molar-refractivity contribution < 1.29 is 9.53 Å². The van der Waals surface area contributed by atoms with Crippen LogP contribution in [-0.4, -0.2) is 12.6 Å². The maximum absolute atomic E-state index is 11.5. The van der Waals surface area contributed by atoms with Crippen LogP contribution >= 0.6 is 0 Å². The van der Waals surface area contributed by atoms with Crippen LogP contribution in [-0.2, 0) is 11.2 Å². The first-order valence-corrected chi connectivity index (χ1v) is 5.28. The van der Waals surface area contributed by atoms with Gasteiger partial charge < -0.3 is 10.5 Å². The molecule has 1 aliphatic rings. The molecule has 0 fully saturated rings. The molecule has 2 N–H and O–H groups in total. The molecule has 0 amide bonds. The summed E-state index contributed by atoms with van der Waals surface area (Å²) in [6.07, 6.45) is 1.94. The minimum atomic E-state index is -0.249. The molecule has 0 heterocycles. The highest BCUT2D eigenvalue weighted by atomic mass is 16.5. The molecule has 0 radical (unpaired) electrons. The molecule has 0 saturated carbocycles. The molecule has 80 valence electrons. The van der Waals surface area contributed by atoms with E-state index >= 15 is 0 Å². The van der Waals surface area contributed by atoms with Gasteiger partial charge in [-0.05, 0) is 43.0 Å². The van der Waals surface area contributed by atoms with Gasteiger partial charge in [-0.25, -0.2) is 4.79 Å². The van der Waals surface area contributed by atoms with Crippen molar-refractivity contribution in [3.63, 3.8) is 0 Å². The zero-order chi connectivity index (χ0) is 10.8. The average molecular weight is 205 g/mol. The third kappa shape index (κ3) is 1.88. The summed E-state index contributed by atoms with van der Waals surface area (Å²) in [6, 6.07) is 5.78. The van der Waals surface area contributed by atoms with Gasteiger partial charge in [0.15, 0.2) is 0 Å². The van der Waals surface area contributed by atoms with Crippen LogP contribution in [0.4, 0.5) is 0 Å². The number of benzene rings is 1. The molecule has 2 rings (SSSR count). The molecule has 3 heteroatoms. The predicted octanol–water partition coefficient (Wildman–Crippen LogP) is 1.81. The summed E-state index contributed by atoms with van der Waals surface area (Å²) in [5.41, 5.74) is 8.90. The highest BCUT2D eigenvalue weighted by molar-refractivity contribution is 5.89. The van der Waals surface area contributed by atoms with Crippen LogP contribution in [0.25, 0.3) is 0 Å². The maximum atomic E-state index is 11.5. The second-order valence-electron chi connectivity index (χ2n) is 3.78. The summed E-state index contributed by atoms with van der Waals surface area (Å²) in [5.74, 6) is -0.249. The number of nitrogens with two attached hydrogens (primary N) is 1. The van der Waals surface area contributed by atoms with Gasteiger partial charge >= 0.3 is 5.97 Å². The van der Waals surface area contributed by atoms with Gasteiger partial charge in [-0.3, -0.25) is 0 Å². The van der Waals surface area contributed by atoms with E-state index in [9.17, 15) is 4.79 Å². The van der Waals surface area contributed by atoms with Crippen LogP contribution in [0, 0.1) is 0 Å². The lowest BCUT2D eigenvalue weighted by molar-refractivity contribution is 0.0526. The van der Waals surface area contributed by atoms with Crippen molar-refractivity contribution in [2.24, 2.45) is 5.73 Å². The number of ether oxygens (including phenoxy) is 1. The fourth-order valence-corrected chi connectivity index (χ4v) is 1.99. The van der Waals surface area contributed by atoms with E-state index in [4.69, 9.17) is 10.5 Å². The largest absolute Gasteiger partial charge is 0.462 e. The van der Waals surface area contributed by atoms with Crippen LogP contribution < -0.4 is 5.73 Å². The molecular weight excluding hydrogens is 190 g/mol. The van der Waals surface area contributed by atoms with Gasteiger partial charge in [0.1, 0.15) is 0 Å². The molecule has 1 aromatic rings. The Kier molecular flexibility index (Phi) is 2.73. The van der Waals surface area contributed by atoms with Crippen molar-refractivity contribution >= 4 is 5.97 Å². The summed E-state index contributed by atoms with van der Waals surface area (Å²) < 4.78 is 4.94. The van der Waals surface area contributed by atoms with Crippen molar-refractivity contribution in [2.75, 3.05) is 6.61 Å². The smallest absolute Gasteiger partial charge is 0.338 e. The predicted molar refractivity (Wildman–Crippen MR) is 57.6 cm³/mol. The number of carbonyl (C=O) groups is 1. The lowest BCUT2D eigenvalue weighted by Gasteiger charge is -2.06. The molecule has 0 bridgehead atoms. The van der Waals surface area contributed by atoms with Crippen LogP contribution in [0.3, 0.4) is 0 Å².